The average molecular weight is 290 g/mol. The number of oxime groups is 1. The van der Waals surface area contributed by atoms with Crippen molar-refractivity contribution in [1.29, 1.82) is 0 Å². The highest BCUT2D eigenvalue weighted by Gasteiger charge is 2.13. The molecule has 0 radical (unpaired) electrons. The van der Waals surface area contributed by atoms with Gasteiger partial charge in [0.1, 0.15) is 11.6 Å². The van der Waals surface area contributed by atoms with E-state index in [1.54, 1.807) is 31.2 Å². The number of carbonyl (C=O) groups excluding carboxylic acids is 1. The summed E-state index contributed by atoms with van der Waals surface area (Å²) in [6.07, 6.45) is 0. The maximum absolute atomic E-state index is 13.5. The second-order valence-corrected chi connectivity index (χ2v) is 4.34. The van der Waals surface area contributed by atoms with Gasteiger partial charge in [-0.3, -0.25) is 4.79 Å². The summed E-state index contributed by atoms with van der Waals surface area (Å²) < 4.78 is 26.6. The van der Waals surface area contributed by atoms with Gasteiger partial charge in [-0.05, 0) is 37.3 Å². The van der Waals surface area contributed by atoms with Crippen molar-refractivity contribution >= 4 is 17.3 Å². The molecule has 0 unspecified atom stereocenters. The Labute approximate surface area is 119 Å². The lowest BCUT2D eigenvalue weighted by Crippen LogP contribution is -2.14. The SMILES string of the molecule is C/C(=N\O)c1cccc(NC(=O)c2cc(F)ccc2F)c1. The second kappa shape index (κ2) is 6.13. The minimum Gasteiger partial charge on any atom is -0.411 e. The van der Waals surface area contributed by atoms with Crippen molar-refractivity contribution in [3.63, 3.8) is 0 Å². The van der Waals surface area contributed by atoms with Gasteiger partial charge < -0.3 is 10.5 Å². The van der Waals surface area contributed by atoms with Crippen LogP contribution in [0.3, 0.4) is 0 Å². The highest BCUT2D eigenvalue weighted by Crippen LogP contribution is 2.15. The Hall–Kier alpha value is -2.76. The summed E-state index contributed by atoms with van der Waals surface area (Å²) >= 11 is 0. The van der Waals surface area contributed by atoms with Gasteiger partial charge in [-0.15, -0.1) is 0 Å². The van der Waals surface area contributed by atoms with E-state index in [0.29, 0.717) is 17.0 Å². The van der Waals surface area contributed by atoms with E-state index in [0.717, 1.165) is 18.2 Å². The van der Waals surface area contributed by atoms with E-state index in [-0.39, 0.29) is 5.56 Å². The maximum Gasteiger partial charge on any atom is 0.258 e. The number of amides is 1. The number of benzene rings is 2. The van der Waals surface area contributed by atoms with E-state index in [2.05, 4.69) is 10.5 Å². The molecule has 0 aliphatic heterocycles. The number of nitrogens with zero attached hydrogens (tertiary/aromatic N) is 1. The lowest BCUT2D eigenvalue weighted by Gasteiger charge is -2.08. The fraction of sp³-hybridized carbons (Fsp3) is 0.0667. The summed E-state index contributed by atoms with van der Waals surface area (Å²) in [4.78, 5) is 11.9. The van der Waals surface area contributed by atoms with Crippen LogP contribution in [-0.4, -0.2) is 16.8 Å². The molecule has 2 rings (SSSR count). The van der Waals surface area contributed by atoms with Gasteiger partial charge in [-0.25, -0.2) is 8.78 Å². The molecule has 0 aromatic heterocycles. The average Bonchev–Trinajstić information content (AvgIpc) is 2.49. The largest absolute Gasteiger partial charge is 0.411 e. The molecule has 0 bridgehead atoms. The first-order valence-corrected chi connectivity index (χ1v) is 6.07. The van der Waals surface area contributed by atoms with E-state index in [1.807, 2.05) is 0 Å². The van der Waals surface area contributed by atoms with E-state index < -0.39 is 17.5 Å². The van der Waals surface area contributed by atoms with Crippen LogP contribution in [0.4, 0.5) is 14.5 Å². The molecular weight excluding hydrogens is 278 g/mol. The minimum absolute atomic E-state index is 0.364. The highest BCUT2D eigenvalue weighted by molar-refractivity contribution is 6.05. The molecule has 4 nitrogen and oxygen atoms in total. The van der Waals surface area contributed by atoms with Crippen molar-refractivity contribution in [3.8, 4) is 0 Å². The summed E-state index contributed by atoms with van der Waals surface area (Å²) in [6, 6.07) is 9.13. The van der Waals surface area contributed by atoms with Crippen LogP contribution in [0.15, 0.2) is 47.6 Å². The summed E-state index contributed by atoms with van der Waals surface area (Å²) in [7, 11) is 0. The van der Waals surface area contributed by atoms with Crippen molar-refractivity contribution in [3.05, 3.63) is 65.2 Å². The normalized spacial score (nSPS) is 11.3. The Morgan fingerprint density at radius 3 is 2.67 bits per heavy atom. The molecule has 2 aromatic carbocycles. The molecule has 0 aliphatic carbocycles. The molecule has 21 heavy (non-hydrogen) atoms. The van der Waals surface area contributed by atoms with Crippen LogP contribution in [0.2, 0.25) is 0 Å². The molecular formula is C15H12F2N2O2. The van der Waals surface area contributed by atoms with E-state index in [9.17, 15) is 13.6 Å². The van der Waals surface area contributed by atoms with Gasteiger partial charge in [0.25, 0.3) is 5.91 Å². The molecule has 0 aliphatic rings. The first-order valence-electron chi connectivity index (χ1n) is 6.07. The van der Waals surface area contributed by atoms with Crippen LogP contribution < -0.4 is 5.32 Å². The smallest absolute Gasteiger partial charge is 0.258 e. The Balaban J connectivity index is 2.26. The monoisotopic (exact) mass is 290 g/mol. The third-order valence-electron chi connectivity index (χ3n) is 2.86. The molecule has 1 amide bonds. The third-order valence-corrected chi connectivity index (χ3v) is 2.86. The van der Waals surface area contributed by atoms with Gasteiger partial charge >= 0.3 is 0 Å². The fourth-order valence-corrected chi connectivity index (χ4v) is 1.75. The summed E-state index contributed by atoms with van der Waals surface area (Å²) in [5, 5.41) is 14.2. The molecule has 2 aromatic rings. The molecule has 0 heterocycles. The number of rotatable bonds is 3. The number of hydrogen-bond donors (Lipinski definition) is 2. The minimum atomic E-state index is -0.807. The van der Waals surface area contributed by atoms with Crippen molar-refractivity contribution in [2.75, 3.05) is 5.32 Å². The quantitative estimate of drug-likeness (QED) is 0.517. The van der Waals surface area contributed by atoms with Crippen molar-refractivity contribution in [2.45, 2.75) is 6.92 Å². The van der Waals surface area contributed by atoms with E-state index in [4.69, 9.17) is 5.21 Å². The fourth-order valence-electron chi connectivity index (χ4n) is 1.75. The van der Waals surface area contributed by atoms with Crippen molar-refractivity contribution < 1.29 is 18.8 Å². The van der Waals surface area contributed by atoms with Crippen LogP contribution in [0.25, 0.3) is 0 Å². The van der Waals surface area contributed by atoms with Crippen LogP contribution in [0, 0.1) is 11.6 Å². The van der Waals surface area contributed by atoms with E-state index >= 15 is 0 Å². The Morgan fingerprint density at radius 1 is 1.19 bits per heavy atom. The number of nitrogens with one attached hydrogen (secondary N) is 1. The Kier molecular flexibility index (Phi) is 4.27. The highest BCUT2D eigenvalue weighted by atomic mass is 19.1. The summed E-state index contributed by atoms with van der Waals surface area (Å²) in [6.45, 7) is 1.59. The molecule has 0 atom stereocenters. The number of halogens is 2. The zero-order chi connectivity index (χ0) is 15.4. The number of anilines is 1. The lowest BCUT2D eigenvalue weighted by molar-refractivity contribution is 0.102. The van der Waals surface area contributed by atoms with Crippen molar-refractivity contribution in [1.82, 2.24) is 0 Å². The molecule has 108 valence electrons. The first kappa shape index (κ1) is 14.6. The number of hydrogen-bond acceptors (Lipinski definition) is 3. The van der Waals surface area contributed by atoms with Gasteiger partial charge in [0.2, 0.25) is 0 Å². The molecule has 0 saturated heterocycles. The third kappa shape index (κ3) is 3.42. The van der Waals surface area contributed by atoms with Crippen LogP contribution in [0.1, 0.15) is 22.8 Å². The zero-order valence-corrected chi connectivity index (χ0v) is 11.1. The van der Waals surface area contributed by atoms with Crippen LogP contribution in [0.5, 0.6) is 0 Å². The van der Waals surface area contributed by atoms with Gasteiger partial charge in [0.05, 0.1) is 11.3 Å². The van der Waals surface area contributed by atoms with Gasteiger partial charge in [0.15, 0.2) is 0 Å². The molecule has 2 N–H and O–H groups in total. The van der Waals surface area contributed by atoms with Crippen LogP contribution >= 0.6 is 0 Å². The molecule has 0 spiro atoms. The number of carbonyl (C=O) groups is 1. The molecule has 0 fully saturated rings. The van der Waals surface area contributed by atoms with Gasteiger partial charge in [0, 0.05) is 11.3 Å². The zero-order valence-electron chi connectivity index (χ0n) is 11.1. The molecule has 0 saturated carbocycles. The van der Waals surface area contributed by atoms with Crippen molar-refractivity contribution in [2.24, 2.45) is 5.16 Å². The Bertz CT molecular complexity index is 715. The predicted molar refractivity (Wildman–Crippen MR) is 74.8 cm³/mol. The maximum atomic E-state index is 13.5. The summed E-state index contributed by atoms with van der Waals surface area (Å²) in [5.41, 5.74) is 0.954. The first-order chi connectivity index (χ1) is 10.0. The Morgan fingerprint density at radius 2 is 1.95 bits per heavy atom. The van der Waals surface area contributed by atoms with Gasteiger partial charge in [-0.2, -0.15) is 0 Å². The second-order valence-electron chi connectivity index (χ2n) is 4.34. The predicted octanol–water partition coefficient (Wildman–Crippen LogP) is 3.42. The van der Waals surface area contributed by atoms with E-state index in [1.165, 1.54) is 0 Å². The molecule has 6 heteroatoms. The van der Waals surface area contributed by atoms with Gasteiger partial charge in [-0.1, -0.05) is 17.3 Å². The topological polar surface area (TPSA) is 61.7 Å². The lowest BCUT2D eigenvalue weighted by atomic mass is 10.1. The van der Waals surface area contributed by atoms with Crippen LogP contribution in [-0.2, 0) is 0 Å². The standard InChI is InChI=1S/C15H12F2N2O2/c1-9(19-21)10-3-2-4-12(7-10)18-15(20)13-8-11(16)5-6-14(13)17/h2-8,21H,1H3,(H,18,20)/b19-9+. The summed E-state index contributed by atoms with van der Waals surface area (Å²) in [5.74, 6) is -2.26.